The molecule has 0 saturated heterocycles. The summed E-state index contributed by atoms with van der Waals surface area (Å²) in [5.41, 5.74) is 1.93. The molecule has 2 heterocycles. The second-order valence-corrected chi connectivity index (χ2v) is 2.72. The van der Waals surface area contributed by atoms with Gasteiger partial charge in [-0.1, -0.05) is 0 Å². The van der Waals surface area contributed by atoms with Gasteiger partial charge in [0.2, 0.25) is 0 Å². The Bertz CT molecular complexity index is 475. The average molecular weight is 177 g/mol. The predicted molar refractivity (Wildman–Crippen MR) is 45.6 cm³/mol. The Morgan fingerprint density at radius 1 is 1.62 bits per heavy atom. The minimum Gasteiger partial charge on any atom is -0.478 e. The van der Waals surface area contributed by atoms with Gasteiger partial charge < -0.3 is 10.1 Å². The van der Waals surface area contributed by atoms with E-state index < -0.39 is 5.97 Å². The maximum absolute atomic E-state index is 10.8. The van der Waals surface area contributed by atoms with E-state index in [0.29, 0.717) is 16.7 Å². The van der Waals surface area contributed by atoms with Crippen molar-refractivity contribution in [1.82, 2.24) is 15.0 Å². The standard InChI is InChI=1S/C8H7N3O2/c1-4-6(8(12)13)7-5(11-4)2-9-3-10-7/h2-3,11H,1H3,(H,12,13). The van der Waals surface area contributed by atoms with E-state index in [2.05, 4.69) is 15.0 Å². The van der Waals surface area contributed by atoms with Gasteiger partial charge >= 0.3 is 5.97 Å². The maximum Gasteiger partial charge on any atom is 0.339 e. The molecule has 2 aromatic rings. The summed E-state index contributed by atoms with van der Waals surface area (Å²) in [5.74, 6) is -0.970. The van der Waals surface area contributed by atoms with Crippen LogP contribution in [0.25, 0.3) is 11.0 Å². The smallest absolute Gasteiger partial charge is 0.339 e. The van der Waals surface area contributed by atoms with Gasteiger partial charge in [0.05, 0.1) is 11.7 Å². The second-order valence-electron chi connectivity index (χ2n) is 2.72. The quantitative estimate of drug-likeness (QED) is 0.680. The Balaban J connectivity index is 2.86. The number of H-pyrrole nitrogens is 1. The molecule has 0 aromatic carbocycles. The van der Waals surface area contributed by atoms with Crippen molar-refractivity contribution in [3.05, 3.63) is 23.8 Å². The van der Waals surface area contributed by atoms with Crippen LogP contribution in [-0.2, 0) is 0 Å². The van der Waals surface area contributed by atoms with E-state index in [-0.39, 0.29) is 5.56 Å². The highest BCUT2D eigenvalue weighted by molar-refractivity contribution is 6.02. The highest BCUT2D eigenvalue weighted by Gasteiger charge is 2.15. The highest BCUT2D eigenvalue weighted by atomic mass is 16.4. The van der Waals surface area contributed by atoms with Gasteiger partial charge in [-0.05, 0) is 6.92 Å². The molecule has 0 unspecified atom stereocenters. The number of carbonyl (C=O) groups is 1. The number of hydrogen-bond acceptors (Lipinski definition) is 3. The highest BCUT2D eigenvalue weighted by Crippen LogP contribution is 2.18. The first-order chi connectivity index (χ1) is 6.20. The molecule has 13 heavy (non-hydrogen) atoms. The first kappa shape index (κ1) is 7.72. The van der Waals surface area contributed by atoms with Crippen molar-refractivity contribution in [3.8, 4) is 0 Å². The number of aryl methyl sites for hydroxylation is 1. The maximum atomic E-state index is 10.8. The van der Waals surface area contributed by atoms with Gasteiger partial charge in [0, 0.05) is 5.69 Å². The van der Waals surface area contributed by atoms with E-state index in [4.69, 9.17) is 5.11 Å². The number of aromatic carboxylic acids is 1. The number of hydrogen-bond donors (Lipinski definition) is 2. The van der Waals surface area contributed by atoms with Crippen LogP contribution >= 0.6 is 0 Å². The number of carboxylic acids is 1. The average Bonchev–Trinajstić information content (AvgIpc) is 2.39. The summed E-state index contributed by atoms with van der Waals surface area (Å²) in [6.07, 6.45) is 2.89. The largest absolute Gasteiger partial charge is 0.478 e. The summed E-state index contributed by atoms with van der Waals surface area (Å²) in [7, 11) is 0. The lowest BCUT2D eigenvalue weighted by molar-refractivity contribution is 0.0698. The molecular formula is C8H7N3O2. The van der Waals surface area contributed by atoms with Gasteiger partial charge in [0.1, 0.15) is 17.4 Å². The number of aromatic nitrogens is 3. The number of fused-ring (bicyclic) bond motifs is 1. The molecule has 0 fully saturated rings. The predicted octanol–water partition coefficient (Wildman–Crippen LogP) is 0.965. The lowest BCUT2D eigenvalue weighted by Gasteiger charge is -1.90. The van der Waals surface area contributed by atoms with Crippen LogP contribution in [0.15, 0.2) is 12.5 Å². The van der Waals surface area contributed by atoms with Crippen molar-refractivity contribution < 1.29 is 9.90 Å². The molecule has 0 spiro atoms. The zero-order chi connectivity index (χ0) is 9.42. The SMILES string of the molecule is Cc1[nH]c2cncnc2c1C(=O)O. The molecule has 0 aliphatic carbocycles. The molecule has 0 aliphatic heterocycles. The number of nitrogens with zero attached hydrogens (tertiary/aromatic N) is 2. The Morgan fingerprint density at radius 2 is 2.38 bits per heavy atom. The first-order valence-corrected chi connectivity index (χ1v) is 3.71. The summed E-state index contributed by atoms with van der Waals surface area (Å²) in [4.78, 5) is 21.4. The lowest BCUT2D eigenvalue weighted by Crippen LogP contribution is -1.97. The fraction of sp³-hybridized carbons (Fsp3) is 0.125. The number of nitrogens with one attached hydrogen (secondary N) is 1. The van der Waals surface area contributed by atoms with Crippen molar-refractivity contribution in [3.63, 3.8) is 0 Å². The first-order valence-electron chi connectivity index (χ1n) is 3.71. The fourth-order valence-electron chi connectivity index (χ4n) is 1.32. The summed E-state index contributed by atoms with van der Waals surface area (Å²) < 4.78 is 0. The zero-order valence-corrected chi connectivity index (χ0v) is 6.90. The third kappa shape index (κ3) is 1.05. The summed E-state index contributed by atoms with van der Waals surface area (Å²) >= 11 is 0. The molecule has 0 atom stereocenters. The minimum absolute atomic E-state index is 0.220. The van der Waals surface area contributed by atoms with Crippen molar-refractivity contribution in [2.24, 2.45) is 0 Å². The van der Waals surface area contributed by atoms with Gasteiger partial charge in [-0.15, -0.1) is 0 Å². The van der Waals surface area contributed by atoms with E-state index in [1.54, 1.807) is 13.1 Å². The molecule has 0 aliphatic rings. The monoisotopic (exact) mass is 177 g/mol. The normalized spacial score (nSPS) is 10.5. The summed E-state index contributed by atoms with van der Waals surface area (Å²) in [6.45, 7) is 1.70. The van der Waals surface area contributed by atoms with E-state index in [9.17, 15) is 4.79 Å². The van der Waals surface area contributed by atoms with Crippen LogP contribution in [-0.4, -0.2) is 26.0 Å². The van der Waals surface area contributed by atoms with Gasteiger partial charge in [-0.2, -0.15) is 0 Å². The van der Waals surface area contributed by atoms with Crippen LogP contribution in [0.4, 0.5) is 0 Å². The number of aromatic amines is 1. The lowest BCUT2D eigenvalue weighted by atomic mass is 10.2. The molecule has 2 aromatic heterocycles. The van der Waals surface area contributed by atoms with Gasteiger partial charge in [-0.25, -0.2) is 14.8 Å². The number of carboxylic acid groups (broad SMARTS) is 1. The van der Waals surface area contributed by atoms with E-state index in [1.807, 2.05) is 0 Å². The Hall–Kier alpha value is -1.91. The Labute approximate surface area is 73.4 Å². The van der Waals surface area contributed by atoms with Gasteiger partial charge in [-0.3, -0.25) is 0 Å². The van der Waals surface area contributed by atoms with Crippen LogP contribution in [0.2, 0.25) is 0 Å². The summed E-state index contributed by atoms with van der Waals surface area (Å²) in [5, 5.41) is 8.87. The van der Waals surface area contributed by atoms with Crippen LogP contribution in [0.3, 0.4) is 0 Å². The molecule has 0 saturated carbocycles. The van der Waals surface area contributed by atoms with Crippen LogP contribution in [0, 0.1) is 6.92 Å². The Morgan fingerprint density at radius 3 is 3.08 bits per heavy atom. The minimum atomic E-state index is -0.970. The fourth-order valence-corrected chi connectivity index (χ4v) is 1.32. The topological polar surface area (TPSA) is 78.9 Å². The molecule has 0 bridgehead atoms. The third-order valence-electron chi connectivity index (χ3n) is 1.86. The molecule has 2 N–H and O–H groups in total. The van der Waals surface area contributed by atoms with Crippen LogP contribution in [0.5, 0.6) is 0 Å². The molecule has 0 radical (unpaired) electrons. The van der Waals surface area contributed by atoms with Crippen molar-refractivity contribution in [2.75, 3.05) is 0 Å². The zero-order valence-electron chi connectivity index (χ0n) is 6.90. The molecule has 2 rings (SSSR count). The molecular weight excluding hydrogens is 170 g/mol. The summed E-state index contributed by atoms with van der Waals surface area (Å²) in [6, 6.07) is 0. The van der Waals surface area contributed by atoms with Crippen LogP contribution < -0.4 is 0 Å². The van der Waals surface area contributed by atoms with Gasteiger partial charge in [0.15, 0.2) is 0 Å². The third-order valence-corrected chi connectivity index (χ3v) is 1.86. The molecule has 66 valence electrons. The number of rotatable bonds is 1. The van der Waals surface area contributed by atoms with Crippen molar-refractivity contribution >= 4 is 17.0 Å². The van der Waals surface area contributed by atoms with E-state index in [1.165, 1.54) is 6.33 Å². The van der Waals surface area contributed by atoms with E-state index >= 15 is 0 Å². The molecule has 0 amide bonds. The van der Waals surface area contributed by atoms with Crippen molar-refractivity contribution in [1.29, 1.82) is 0 Å². The van der Waals surface area contributed by atoms with E-state index in [0.717, 1.165) is 0 Å². The second kappa shape index (κ2) is 2.55. The van der Waals surface area contributed by atoms with Gasteiger partial charge in [0.25, 0.3) is 0 Å². The van der Waals surface area contributed by atoms with Crippen molar-refractivity contribution in [2.45, 2.75) is 6.92 Å². The Kier molecular flexibility index (Phi) is 1.51. The molecule has 5 heteroatoms. The van der Waals surface area contributed by atoms with Crippen LogP contribution in [0.1, 0.15) is 16.1 Å². The molecule has 5 nitrogen and oxygen atoms in total.